The van der Waals surface area contributed by atoms with Crippen LogP contribution in [0.25, 0.3) is 33.5 Å². The summed E-state index contributed by atoms with van der Waals surface area (Å²) in [6, 6.07) is 14.5. The molecule has 0 atom stereocenters. The number of aromatic hydroxyl groups is 1. The third-order valence-electron chi connectivity index (χ3n) is 5.77. The van der Waals surface area contributed by atoms with Crippen LogP contribution in [-0.2, 0) is 4.74 Å². The SMILES string of the molecule is COc1ncccc1-c1ccc(O)c(-c2nc3cc(C(=O)N4CCCOCC4)ccc3[nH]2)c1. The molecule has 1 saturated heterocycles. The van der Waals surface area contributed by atoms with E-state index in [-0.39, 0.29) is 11.7 Å². The van der Waals surface area contributed by atoms with Gasteiger partial charge in [-0.3, -0.25) is 4.79 Å². The molecule has 3 heterocycles. The highest BCUT2D eigenvalue weighted by Gasteiger charge is 2.19. The van der Waals surface area contributed by atoms with Gasteiger partial charge >= 0.3 is 0 Å². The number of imidazole rings is 1. The Labute approximate surface area is 190 Å². The Bertz CT molecular complexity index is 1310. The number of benzene rings is 2. The number of H-pyrrole nitrogens is 1. The molecule has 2 aromatic carbocycles. The lowest BCUT2D eigenvalue weighted by Crippen LogP contribution is -2.33. The number of pyridine rings is 1. The number of hydrogen-bond donors (Lipinski definition) is 2. The number of hydrogen-bond acceptors (Lipinski definition) is 6. The van der Waals surface area contributed by atoms with Gasteiger partial charge in [0.05, 0.1) is 30.3 Å². The molecule has 33 heavy (non-hydrogen) atoms. The van der Waals surface area contributed by atoms with Crippen LogP contribution in [0.4, 0.5) is 0 Å². The summed E-state index contributed by atoms with van der Waals surface area (Å²) in [5.74, 6) is 1.09. The molecule has 0 saturated carbocycles. The van der Waals surface area contributed by atoms with Crippen molar-refractivity contribution < 1.29 is 19.4 Å². The minimum Gasteiger partial charge on any atom is -0.507 e. The van der Waals surface area contributed by atoms with Crippen molar-refractivity contribution in [1.82, 2.24) is 19.9 Å². The number of nitrogens with zero attached hydrogens (tertiary/aromatic N) is 3. The quantitative estimate of drug-likeness (QED) is 0.496. The number of ether oxygens (including phenoxy) is 2. The predicted octanol–water partition coefficient (Wildman–Crippen LogP) is 3.87. The zero-order chi connectivity index (χ0) is 22.8. The zero-order valence-corrected chi connectivity index (χ0v) is 18.2. The summed E-state index contributed by atoms with van der Waals surface area (Å²) in [5, 5.41) is 10.5. The summed E-state index contributed by atoms with van der Waals surface area (Å²) in [7, 11) is 1.57. The van der Waals surface area contributed by atoms with Crippen molar-refractivity contribution in [2.75, 3.05) is 33.4 Å². The molecule has 4 aromatic rings. The van der Waals surface area contributed by atoms with Gasteiger partial charge in [0.25, 0.3) is 5.91 Å². The van der Waals surface area contributed by atoms with Gasteiger partial charge < -0.3 is 24.5 Å². The first-order valence-corrected chi connectivity index (χ1v) is 10.8. The van der Waals surface area contributed by atoms with E-state index in [4.69, 9.17) is 9.47 Å². The Morgan fingerprint density at radius 1 is 1.12 bits per heavy atom. The average Bonchev–Trinajstić information content (AvgIpc) is 3.08. The number of carbonyl (C=O) groups is 1. The largest absolute Gasteiger partial charge is 0.507 e. The van der Waals surface area contributed by atoms with E-state index in [0.29, 0.717) is 54.7 Å². The van der Waals surface area contributed by atoms with Crippen LogP contribution in [0.1, 0.15) is 16.8 Å². The predicted molar refractivity (Wildman–Crippen MR) is 124 cm³/mol. The first-order chi connectivity index (χ1) is 16.1. The fourth-order valence-corrected chi connectivity index (χ4v) is 4.06. The standard InChI is InChI=1S/C25H24N4O4/c1-32-24-18(4-2-9-26-24)16-6-8-22(30)19(14-16)23-27-20-7-5-17(15-21(20)28-23)25(31)29-10-3-12-33-13-11-29/h2,4-9,14-15,30H,3,10-13H2,1H3,(H,27,28). The second kappa shape index (κ2) is 8.91. The number of amides is 1. The van der Waals surface area contributed by atoms with Crippen molar-refractivity contribution in [3.8, 4) is 34.1 Å². The molecule has 0 aliphatic carbocycles. The number of aromatic nitrogens is 3. The summed E-state index contributed by atoms with van der Waals surface area (Å²) in [4.78, 5) is 27.0. The fourth-order valence-electron chi connectivity index (χ4n) is 4.06. The molecule has 1 aliphatic rings. The van der Waals surface area contributed by atoms with Crippen molar-refractivity contribution in [3.05, 3.63) is 60.3 Å². The lowest BCUT2D eigenvalue weighted by atomic mass is 10.0. The fraction of sp³-hybridized carbons (Fsp3) is 0.240. The molecule has 1 aliphatic heterocycles. The lowest BCUT2D eigenvalue weighted by molar-refractivity contribution is 0.0741. The normalized spacial score (nSPS) is 14.3. The van der Waals surface area contributed by atoms with Crippen molar-refractivity contribution in [2.24, 2.45) is 0 Å². The minimum atomic E-state index is -0.0273. The van der Waals surface area contributed by atoms with E-state index in [1.807, 2.05) is 35.2 Å². The Hall–Kier alpha value is -3.91. The minimum absolute atomic E-state index is 0.0273. The van der Waals surface area contributed by atoms with E-state index >= 15 is 0 Å². The molecule has 1 fully saturated rings. The van der Waals surface area contributed by atoms with E-state index in [1.54, 1.807) is 31.5 Å². The number of phenols is 1. The van der Waals surface area contributed by atoms with Gasteiger partial charge in [0.2, 0.25) is 5.88 Å². The molecule has 0 bridgehead atoms. The van der Waals surface area contributed by atoms with Gasteiger partial charge in [-0.2, -0.15) is 0 Å². The topological polar surface area (TPSA) is 101 Å². The Balaban J connectivity index is 1.50. The highest BCUT2D eigenvalue weighted by atomic mass is 16.5. The van der Waals surface area contributed by atoms with E-state index in [1.165, 1.54) is 0 Å². The van der Waals surface area contributed by atoms with Crippen LogP contribution in [0.2, 0.25) is 0 Å². The first kappa shape index (κ1) is 21.0. The second-order valence-electron chi connectivity index (χ2n) is 7.87. The van der Waals surface area contributed by atoms with Crippen molar-refractivity contribution in [3.63, 3.8) is 0 Å². The average molecular weight is 444 g/mol. The van der Waals surface area contributed by atoms with Gasteiger partial charge in [-0.1, -0.05) is 6.07 Å². The van der Waals surface area contributed by atoms with Gasteiger partial charge in [-0.15, -0.1) is 0 Å². The van der Waals surface area contributed by atoms with Gasteiger partial charge in [-0.25, -0.2) is 9.97 Å². The monoisotopic (exact) mass is 444 g/mol. The number of fused-ring (bicyclic) bond motifs is 1. The van der Waals surface area contributed by atoms with E-state index in [2.05, 4.69) is 15.0 Å². The molecule has 5 rings (SSSR count). The van der Waals surface area contributed by atoms with Crippen LogP contribution in [0, 0.1) is 0 Å². The molecular weight excluding hydrogens is 420 g/mol. The summed E-state index contributed by atoms with van der Waals surface area (Å²) in [6.45, 7) is 2.50. The van der Waals surface area contributed by atoms with Crippen LogP contribution in [-0.4, -0.2) is 64.3 Å². The molecule has 0 unspecified atom stereocenters. The summed E-state index contributed by atoms with van der Waals surface area (Å²) >= 11 is 0. The number of methoxy groups -OCH3 is 1. The first-order valence-electron chi connectivity index (χ1n) is 10.8. The van der Waals surface area contributed by atoms with Gasteiger partial charge in [0, 0.05) is 37.0 Å². The van der Waals surface area contributed by atoms with Crippen molar-refractivity contribution in [1.29, 1.82) is 0 Å². The van der Waals surface area contributed by atoms with E-state index in [9.17, 15) is 9.90 Å². The maximum Gasteiger partial charge on any atom is 0.254 e. The highest BCUT2D eigenvalue weighted by Crippen LogP contribution is 2.35. The zero-order valence-electron chi connectivity index (χ0n) is 18.2. The summed E-state index contributed by atoms with van der Waals surface area (Å²) in [5.41, 5.74) is 4.22. The third-order valence-corrected chi connectivity index (χ3v) is 5.77. The molecular formula is C25H24N4O4. The molecule has 0 radical (unpaired) electrons. The molecule has 168 valence electrons. The molecule has 0 spiro atoms. The Kier molecular flexibility index (Phi) is 5.66. The van der Waals surface area contributed by atoms with Crippen molar-refractivity contribution >= 4 is 16.9 Å². The molecule has 1 amide bonds. The van der Waals surface area contributed by atoms with Crippen LogP contribution >= 0.6 is 0 Å². The Morgan fingerprint density at radius 2 is 2.03 bits per heavy atom. The number of rotatable bonds is 4. The van der Waals surface area contributed by atoms with Crippen LogP contribution in [0.15, 0.2) is 54.7 Å². The molecule has 8 nitrogen and oxygen atoms in total. The maximum atomic E-state index is 13.0. The van der Waals surface area contributed by atoms with E-state index in [0.717, 1.165) is 23.1 Å². The Morgan fingerprint density at radius 3 is 2.91 bits per heavy atom. The number of carbonyl (C=O) groups excluding carboxylic acids is 1. The number of aromatic amines is 1. The summed E-state index contributed by atoms with van der Waals surface area (Å²) < 4.78 is 10.8. The van der Waals surface area contributed by atoms with Crippen molar-refractivity contribution in [2.45, 2.75) is 6.42 Å². The smallest absolute Gasteiger partial charge is 0.254 e. The molecule has 8 heteroatoms. The van der Waals surface area contributed by atoms with Gasteiger partial charge in [0.1, 0.15) is 11.6 Å². The van der Waals surface area contributed by atoms with Gasteiger partial charge in [-0.05, 0) is 54.4 Å². The van der Waals surface area contributed by atoms with E-state index < -0.39 is 0 Å². The van der Waals surface area contributed by atoms with Crippen LogP contribution < -0.4 is 4.74 Å². The second-order valence-corrected chi connectivity index (χ2v) is 7.87. The highest BCUT2D eigenvalue weighted by molar-refractivity contribution is 5.98. The number of phenolic OH excluding ortho intramolecular Hbond substituents is 1. The maximum absolute atomic E-state index is 13.0. The lowest BCUT2D eigenvalue weighted by Gasteiger charge is -2.19. The van der Waals surface area contributed by atoms with Gasteiger partial charge in [0.15, 0.2) is 0 Å². The van der Waals surface area contributed by atoms with Crippen LogP contribution in [0.5, 0.6) is 11.6 Å². The molecule has 2 aromatic heterocycles. The van der Waals surface area contributed by atoms with Crippen LogP contribution in [0.3, 0.4) is 0 Å². The number of nitrogens with one attached hydrogen (secondary N) is 1. The summed E-state index contributed by atoms with van der Waals surface area (Å²) in [6.07, 6.45) is 2.50. The third kappa shape index (κ3) is 4.12. The molecule has 2 N–H and O–H groups in total.